The summed E-state index contributed by atoms with van der Waals surface area (Å²) in [7, 11) is 0. The Morgan fingerprint density at radius 3 is 2.67 bits per heavy atom. The highest BCUT2D eigenvalue weighted by atomic mass is 16.5. The molecule has 8 nitrogen and oxygen atoms in total. The first kappa shape index (κ1) is 7.98. The van der Waals surface area contributed by atoms with Crippen LogP contribution in [0.4, 0.5) is 6.01 Å². The molecule has 64 valence electrons. The number of aliphatic carboxylic acids is 1. The van der Waals surface area contributed by atoms with Gasteiger partial charge in [0.25, 0.3) is 0 Å². The Kier molecular flexibility index (Phi) is 1.90. The molecule has 0 aromatic carbocycles. The molecule has 1 aromatic heterocycles. The third kappa shape index (κ3) is 1.31. The maximum Gasteiger partial charge on any atom is 0.362 e. The van der Waals surface area contributed by atoms with Gasteiger partial charge < -0.3 is 20.6 Å². The monoisotopic (exact) mass is 172 g/mol. The quantitative estimate of drug-likeness (QED) is 0.293. The second-order valence-corrected chi connectivity index (χ2v) is 1.71. The van der Waals surface area contributed by atoms with Crippen molar-refractivity contribution in [3.63, 3.8) is 0 Å². The molecule has 0 aliphatic heterocycles. The first-order chi connectivity index (χ1) is 5.65. The van der Waals surface area contributed by atoms with Crippen LogP contribution in [0, 0.1) is 0 Å². The molecule has 0 amide bonds. The smallest absolute Gasteiger partial charge is 0.362 e. The first-order valence-corrected chi connectivity index (χ1v) is 2.70. The van der Waals surface area contributed by atoms with E-state index in [4.69, 9.17) is 16.0 Å². The van der Waals surface area contributed by atoms with E-state index < -0.39 is 11.7 Å². The minimum absolute atomic E-state index is 0.299. The molecule has 4 N–H and O–H groups in total. The van der Waals surface area contributed by atoms with E-state index in [9.17, 15) is 4.79 Å². The first-order valence-electron chi connectivity index (χ1n) is 2.70. The highest BCUT2D eigenvalue weighted by molar-refractivity contribution is 6.41. The van der Waals surface area contributed by atoms with Crippen molar-refractivity contribution in [2.24, 2.45) is 5.16 Å². The van der Waals surface area contributed by atoms with Crippen LogP contribution in [0.2, 0.25) is 0 Å². The van der Waals surface area contributed by atoms with Gasteiger partial charge in [0.1, 0.15) is 0 Å². The SMILES string of the molecule is Nc1nc(/C(=N/O)C(=O)O)no1. The van der Waals surface area contributed by atoms with Gasteiger partial charge in [-0.2, -0.15) is 4.98 Å². The summed E-state index contributed by atoms with van der Waals surface area (Å²) < 4.78 is 4.26. The van der Waals surface area contributed by atoms with Crippen molar-refractivity contribution in [1.29, 1.82) is 0 Å². The number of nitrogens with two attached hydrogens (primary N) is 1. The highest BCUT2D eigenvalue weighted by Crippen LogP contribution is 1.99. The van der Waals surface area contributed by atoms with Gasteiger partial charge in [-0.3, -0.25) is 0 Å². The van der Waals surface area contributed by atoms with Gasteiger partial charge >= 0.3 is 12.0 Å². The van der Waals surface area contributed by atoms with Crippen LogP contribution in [0.15, 0.2) is 9.68 Å². The van der Waals surface area contributed by atoms with Crippen molar-refractivity contribution >= 4 is 17.7 Å². The normalized spacial score (nSPS) is 11.5. The van der Waals surface area contributed by atoms with Crippen LogP contribution in [0.1, 0.15) is 5.82 Å². The minimum atomic E-state index is -1.47. The number of hydrogen-bond donors (Lipinski definition) is 3. The van der Waals surface area contributed by atoms with Crippen LogP contribution in [0.5, 0.6) is 0 Å². The van der Waals surface area contributed by atoms with Crippen LogP contribution >= 0.6 is 0 Å². The number of aromatic nitrogens is 2. The molecule has 0 unspecified atom stereocenters. The Labute approximate surface area is 65.3 Å². The Balaban J connectivity index is 3.04. The third-order valence-corrected chi connectivity index (χ3v) is 0.956. The molecular weight excluding hydrogens is 168 g/mol. The number of oxime groups is 1. The third-order valence-electron chi connectivity index (χ3n) is 0.956. The van der Waals surface area contributed by atoms with E-state index in [2.05, 4.69) is 19.8 Å². The number of hydrogen-bond acceptors (Lipinski definition) is 7. The molecule has 1 rings (SSSR count). The van der Waals surface area contributed by atoms with Gasteiger partial charge in [0.2, 0.25) is 11.5 Å². The maximum atomic E-state index is 10.3. The zero-order valence-electron chi connectivity index (χ0n) is 5.63. The number of carboxylic acids is 1. The number of anilines is 1. The van der Waals surface area contributed by atoms with Crippen molar-refractivity contribution in [3.8, 4) is 0 Å². The summed E-state index contributed by atoms with van der Waals surface area (Å²) in [6, 6.07) is -0.299. The summed E-state index contributed by atoms with van der Waals surface area (Å²) in [5.74, 6) is -1.85. The Morgan fingerprint density at radius 2 is 2.33 bits per heavy atom. The lowest BCUT2D eigenvalue weighted by molar-refractivity contribution is -0.129. The molecule has 0 radical (unpaired) electrons. The van der Waals surface area contributed by atoms with E-state index in [1.54, 1.807) is 0 Å². The average molecular weight is 172 g/mol. The molecule has 1 heterocycles. The number of carbonyl (C=O) groups is 1. The average Bonchev–Trinajstić information content (AvgIpc) is 2.37. The lowest BCUT2D eigenvalue weighted by Gasteiger charge is -1.87. The van der Waals surface area contributed by atoms with E-state index >= 15 is 0 Å². The van der Waals surface area contributed by atoms with Crippen molar-refractivity contribution in [2.75, 3.05) is 5.73 Å². The lowest BCUT2D eigenvalue weighted by atomic mass is 10.4. The highest BCUT2D eigenvalue weighted by Gasteiger charge is 2.19. The van der Waals surface area contributed by atoms with Crippen molar-refractivity contribution < 1.29 is 19.6 Å². The van der Waals surface area contributed by atoms with Gasteiger partial charge in [-0.15, -0.1) is 0 Å². The standard InChI is InChI=1S/C4H4N4O4/c5-4-6-2(8-12-4)1(7-11)3(9)10/h11H,(H,9,10)(H2,5,6,8)/b7-1-. The molecule has 0 aliphatic carbocycles. The Hall–Kier alpha value is -2.12. The predicted octanol–water partition coefficient (Wildman–Crippen LogP) is -1.09. The number of nitrogen functional groups attached to an aromatic ring is 1. The summed E-state index contributed by atoms with van der Waals surface area (Å²) in [6.07, 6.45) is 0. The van der Waals surface area contributed by atoms with Gasteiger partial charge in [0, 0.05) is 0 Å². The predicted molar refractivity (Wildman–Crippen MR) is 34.7 cm³/mol. The summed E-state index contributed by atoms with van der Waals surface area (Å²) in [4.78, 5) is 13.6. The molecule has 1 aromatic rings. The van der Waals surface area contributed by atoms with Crippen LogP contribution < -0.4 is 5.73 Å². The molecule has 0 bridgehead atoms. The second-order valence-electron chi connectivity index (χ2n) is 1.71. The van der Waals surface area contributed by atoms with E-state index in [1.807, 2.05) is 0 Å². The molecule has 0 spiro atoms. The lowest BCUT2D eigenvalue weighted by Crippen LogP contribution is -2.16. The largest absolute Gasteiger partial charge is 0.476 e. The fraction of sp³-hybridized carbons (Fsp3) is 0. The molecule has 0 saturated carbocycles. The Bertz CT molecular complexity index is 330. The minimum Gasteiger partial charge on any atom is -0.476 e. The fourth-order valence-corrected chi connectivity index (χ4v) is 0.515. The van der Waals surface area contributed by atoms with Crippen LogP contribution in [0.3, 0.4) is 0 Å². The van der Waals surface area contributed by atoms with Crippen molar-refractivity contribution in [1.82, 2.24) is 10.1 Å². The summed E-state index contributed by atoms with van der Waals surface area (Å²) in [6.45, 7) is 0. The maximum absolute atomic E-state index is 10.3. The fourth-order valence-electron chi connectivity index (χ4n) is 0.515. The number of carboxylic acid groups (broad SMARTS) is 1. The van der Waals surface area contributed by atoms with E-state index in [0.29, 0.717) is 0 Å². The Morgan fingerprint density at radius 1 is 1.67 bits per heavy atom. The van der Waals surface area contributed by atoms with E-state index in [0.717, 1.165) is 0 Å². The molecule has 0 aliphatic rings. The number of nitrogens with zero attached hydrogens (tertiary/aromatic N) is 3. The van der Waals surface area contributed by atoms with E-state index in [1.165, 1.54) is 0 Å². The topological polar surface area (TPSA) is 135 Å². The zero-order chi connectivity index (χ0) is 9.14. The molecule has 8 heteroatoms. The zero-order valence-corrected chi connectivity index (χ0v) is 5.63. The summed E-state index contributed by atoms with van der Waals surface area (Å²) in [5.41, 5.74) is 4.27. The molecule has 12 heavy (non-hydrogen) atoms. The molecule has 0 atom stereocenters. The molecular formula is C4H4N4O4. The van der Waals surface area contributed by atoms with Crippen molar-refractivity contribution in [2.45, 2.75) is 0 Å². The van der Waals surface area contributed by atoms with Crippen LogP contribution in [-0.4, -0.2) is 32.1 Å². The molecule has 0 fully saturated rings. The van der Waals surface area contributed by atoms with Gasteiger partial charge in [-0.1, -0.05) is 10.3 Å². The van der Waals surface area contributed by atoms with Gasteiger partial charge in [0.15, 0.2) is 0 Å². The summed E-state index contributed by atoms with van der Waals surface area (Å²) >= 11 is 0. The van der Waals surface area contributed by atoms with Crippen molar-refractivity contribution in [3.05, 3.63) is 5.82 Å². The van der Waals surface area contributed by atoms with E-state index in [-0.39, 0.29) is 11.8 Å². The van der Waals surface area contributed by atoms with Crippen LogP contribution in [-0.2, 0) is 4.79 Å². The van der Waals surface area contributed by atoms with Gasteiger partial charge in [-0.25, -0.2) is 4.79 Å². The van der Waals surface area contributed by atoms with Gasteiger partial charge in [0.05, 0.1) is 0 Å². The molecule has 0 saturated heterocycles. The number of rotatable bonds is 2. The second kappa shape index (κ2) is 2.86. The van der Waals surface area contributed by atoms with Gasteiger partial charge in [-0.05, 0) is 0 Å². The summed E-state index contributed by atoms with van der Waals surface area (Å²) in [5, 5.41) is 22.2. The van der Waals surface area contributed by atoms with Crippen LogP contribution in [0.25, 0.3) is 0 Å².